The van der Waals surface area contributed by atoms with Crippen LogP contribution in [-0.4, -0.2) is 26.3 Å². The highest BCUT2D eigenvalue weighted by Gasteiger charge is 2.22. The molecule has 0 aromatic carbocycles. The summed E-state index contributed by atoms with van der Waals surface area (Å²) in [6.07, 6.45) is 0. The van der Waals surface area contributed by atoms with Gasteiger partial charge in [-0.1, -0.05) is 13.8 Å². The Labute approximate surface area is 74.0 Å². The lowest BCUT2D eigenvalue weighted by atomic mass is 9.97. The van der Waals surface area contributed by atoms with Gasteiger partial charge in [-0.05, 0) is 12.8 Å². The molecule has 0 aliphatic carbocycles. The number of carbonyl (C=O) groups excluding carboxylic acids is 1. The number of hydrogen-bond acceptors (Lipinski definition) is 3. The van der Waals surface area contributed by atoms with Crippen molar-refractivity contribution in [3.63, 3.8) is 0 Å². The van der Waals surface area contributed by atoms with E-state index in [2.05, 4.69) is 4.74 Å². The molecule has 0 amide bonds. The van der Waals surface area contributed by atoms with Crippen LogP contribution in [-0.2, 0) is 14.3 Å². The molecule has 3 nitrogen and oxygen atoms in total. The molecule has 0 fully saturated rings. The molecule has 0 bridgehead atoms. The second kappa shape index (κ2) is 6.00. The third-order valence-corrected chi connectivity index (χ3v) is 1.81. The van der Waals surface area contributed by atoms with E-state index in [0.717, 1.165) is 0 Å². The highest BCUT2D eigenvalue weighted by Crippen LogP contribution is 2.12. The minimum absolute atomic E-state index is 0.130. The second-order valence-corrected chi connectivity index (χ2v) is 3.03. The Morgan fingerprint density at radius 3 is 2.33 bits per heavy atom. The molecule has 1 unspecified atom stereocenters. The summed E-state index contributed by atoms with van der Waals surface area (Å²) in [6, 6.07) is 0. The Bertz CT molecular complexity index is 132. The lowest BCUT2D eigenvalue weighted by Crippen LogP contribution is -2.26. The normalized spacial score (nSPS) is 13.1. The molecule has 0 aromatic heterocycles. The summed E-state index contributed by atoms with van der Waals surface area (Å²) in [5.74, 6) is -0.0441. The van der Waals surface area contributed by atoms with Crippen LogP contribution in [0.5, 0.6) is 0 Å². The molecule has 0 rings (SSSR count). The maximum Gasteiger partial charge on any atom is 0.311 e. The number of methoxy groups -OCH3 is 1. The third-order valence-electron chi connectivity index (χ3n) is 1.81. The largest absolute Gasteiger partial charge is 0.469 e. The van der Waals surface area contributed by atoms with Gasteiger partial charge in [0.2, 0.25) is 0 Å². The zero-order valence-electron chi connectivity index (χ0n) is 8.29. The van der Waals surface area contributed by atoms with Crippen molar-refractivity contribution in [1.29, 1.82) is 0 Å². The van der Waals surface area contributed by atoms with Crippen molar-refractivity contribution in [2.75, 3.05) is 20.3 Å². The quantitative estimate of drug-likeness (QED) is 0.592. The minimum atomic E-state index is -0.182. The first-order valence-corrected chi connectivity index (χ1v) is 4.29. The standard InChI is InChI=1S/C9H18O3/c1-5-12-6-8(7(2)3)9(10)11-4/h7-8H,5-6H2,1-4H3. The number of esters is 1. The van der Waals surface area contributed by atoms with Gasteiger partial charge in [-0.15, -0.1) is 0 Å². The smallest absolute Gasteiger partial charge is 0.311 e. The Hall–Kier alpha value is -0.570. The van der Waals surface area contributed by atoms with E-state index < -0.39 is 0 Å². The van der Waals surface area contributed by atoms with Gasteiger partial charge < -0.3 is 9.47 Å². The topological polar surface area (TPSA) is 35.5 Å². The fourth-order valence-electron chi connectivity index (χ4n) is 0.929. The number of ether oxygens (including phenoxy) is 2. The van der Waals surface area contributed by atoms with Gasteiger partial charge in [-0.2, -0.15) is 0 Å². The minimum Gasteiger partial charge on any atom is -0.469 e. The van der Waals surface area contributed by atoms with Gasteiger partial charge in [0, 0.05) is 6.61 Å². The first kappa shape index (κ1) is 11.4. The lowest BCUT2D eigenvalue weighted by Gasteiger charge is -2.17. The molecule has 0 radical (unpaired) electrons. The van der Waals surface area contributed by atoms with Crippen LogP contribution in [0.1, 0.15) is 20.8 Å². The van der Waals surface area contributed by atoms with Crippen molar-refractivity contribution in [2.24, 2.45) is 11.8 Å². The average Bonchev–Trinajstić information content (AvgIpc) is 2.04. The van der Waals surface area contributed by atoms with Crippen LogP contribution in [0.3, 0.4) is 0 Å². The van der Waals surface area contributed by atoms with E-state index in [1.165, 1.54) is 7.11 Å². The summed E-state index contributed by atoms with van der Waals surface area (Å²) in [5, 5.41) is 0. The molecule has 0 heterocycles. The van der Waals surface area contributed by atoms with E-state index in [-0.39, 0.29) is 17.8 Å². The van der Waals surface area contributed by atoms with E-state index in [1.54, 1.807) is 0 Å². The molecule has 0 aliphatic heterocycles. The number of rotatable bonds is 5. The molecule has 0 saturated carbocycles. The van der Waals surface area contributed by atoms with E-state index in [1.807, 2.05) is 20.8 Å². The van der Waals surface area contributed by atoms with Gasteiger partial charge in [0.15, 0.2) is 0 Å². The Balaban J connectivity index is 3.95. The van der Waals surface area contributed by atoms with Crippen LogP contribution in [0.2, 0.25) is 0 Å². The van der Waals surface area contributed by atoms with Gasteiger partial charge in [-0.25, -0.2) is 0 Å². The molecule has 0 spiro atoms. The molecule has 12 heavy (non-hydrogen) atoms. The average molecular weight is 174 g/mol. The maximum absolute atomic E-state index is 11.2. The van der Waals surface area contributed by atoms with E-state index in [0.29, 0.717) is 13.2 Å². The summed E-state index contributed by atoms with van der Waals surface area (Å²) >= 11 is 0. The second-order valence-electron chi connectivity index (χ2n) is 3.03. The molecule has 1 atom stereocenters. The predicted octanol–water partition coefficient (Wildman–Crippen LogP) is 1.47. The van der Waals surface area contributed by atoms with Crippen molar-refractivity contribution in [2.45, 2.75) is 20.8 Å². The maximum atomic E-state index is 11.2. The monoisotopic (exact) mass is 174 g/mol. The predicted molar refractivity (Wildman–Crippen MR) is 46.8 cm³/mol. The van der Waals surface area contributed by atoms with Crippen LogP contribution >= 0.6 is 0 Å². The van der Waals surface area contributed by atoms with Crippen molar-refractivity contribution in [3.8, 4) is 0 Å². The summed E-state index contributed by atoms with van der Waals surface area (Å²) in [4.78, 5) is 11.2. The summed E-state index contributed by atoms with van der Waals surface area (Å²) < 4.78 is 9.83. The fraction of sp³-hybridized carbons (Fsp3) is 0.889. The molecule has 0 saturated heterocycles. The van der Waals surface area contributed by atoms with E-state index in [9.17, 15) is 4.79 Å². The molecule has 72 valence electrons. The molecular weight excluding hydrogens is 156 g/mol. The molecule has 3 heteroatoms. The molecular formula is C9H18O3. The van der Waals surface area contributed by atoms with Gasteiger partial charge in [0.1, 0.15) is 0 Å². The van der Waals surface area contributed by atoms with Crippen molar-refractivity contribution >= 4 is 5.97 Å². The SMILES string of the molecule is CCOCC(C(=O)OC)C(C)C. The summed E-state index contributed by atoms with van der Waals surface area (Å²) in [5.41, 5.74) is 0. The van der Waals surface area contributed by atoms with Gasteiger partial charge >= 0.3 is 5.97 Å². The van der Waals surface area contributed by atoms with Crippen LogP contribution in [0, 0.1) is 11.8 Å². The third kappa shape index (κ3) is 3.72. The number of carbonyl (C=O) groups is 1. The lowest BCUT2D eigenvalue weighted by molar-refractivity contribution is -0.149. The van der Waals surface area contributed by atoms with Crippen LogP contribution < -0.4 is 0 Å². The first-order chi connectivity index (χ1) is 5.63. The highest BCUT2D eigenvalue weighted by molar-refractivity contribution is 5.72. The van der Waals surface area contributed by atoms with Crippen molar-refractivity contribution in [1.82, 2.24) is 0 Å². The van der Waals surface area contributed by atoms with Gasteiger partial charge in [0.25, 0.3) is 0 Å². The van der Waals surface area contributed by atoms with Crippen molar-refractivity contribution in [3.05, 3.63) is 0 Å². The summed E-state index contributed by atoms with van der Waals surface area (Å²) in [7, 11) is 1.41. The van der Waals surface area contributed by atoms with Crippen LogP contribution in [0.15, 0.2) is 0 Å². The fourth-order valence-corrected chi connectivity index (χ4v) is 0.929. The van der Waals surface area contributed by atoms with Gasteiger partial charge in [-0.3, -0.25) is 4.79 Å². The molecule has 0 aromatic rings. The molecule has 0 N–H and O–H groups in total. The zero-order valence-corrected chi connectivity index (χ0v) is 8.29. The molecule has 0 aliphatic rings. The first-order valence-electron chi connectivity index (χ1n) is 4.29. The van der Waals surface area contributed by atoms with Crippen LogP contribution in [0.25, 0.3) is 0 Å². The van der Waals surface area contributed by atoms with E-state index >= 15 is 0 Å². The van der Waals surface area contributed by atoms with Gasteiger partial charge in [0.05, 0.1) is 19.6 Å². The Morgan fingerprint density at radius 2 is 2.00 bits per heavy atom. The van der Waals surface area contributed by atoms with Crippen LogP contribution in [0.4, 0.5) is 0 Å². The Morgan fingerprint density at radius 1 is 1.42 bits per heavy atom. The van der Waals surface area contributed by atoms with E-state index in [4.69, 9.17) is 4.74 Å². The number of hydrogen-bond donors (Lipinski definition) is 0. The van der Waals surface area contributed by atoms with Crippen molar-refractivity contribution < 1.29 is 14.3 Å². The summed E-state index contributed by atoms with van der Waals surface area (Å²) in [6.45, 7) is 6.98. The zero-order chi connectivity index (χ0) is 9.56. The highest BCUT2D eigenvalue weighted by atomic mass is 16.5. The Kier molecular flexibility index (Phi) is 5.72.